The second-order valence-electron chi connectivity index (χ2n) is 12.4. The molecule has 10 nitrogen and oxygen atoms in total. The number of piperidine rings is 1. The van der Waals surface area contributed by atoms with E-state index in [-0.39, 0.29) is 33.4 Å². The highest BCUT2D eigenvalue weighted by atomic mass is 35.5. The number of likely N-dealkylation sites (tertiary alicyclic amines) is 1. The monoisotopic (exact) mass is 633 g/mol. The number of morpholine rings is 1. The highest BCUT2D eigenvalue weighted by molar-refractivity contribution is 6.35. The summed E-state index contributed by atoms with van der Waals surface area (Å²) >= 11 is 6.91. The molecule has 0 unspecified atom stereocenters. The third-order valence-electron chi connectivity index (χ3n) is 9.54. The molecule has 0 radical (unpaired) electrons. The number of hydrogen-bond acceptors (Lipinski definition) is 8. The van der Waals surface area contributed by atoms with Crippen molar-refractivity contribution in [3.05, 3.63) is 53.5 Å². The van der Waals surface area contributed by atoms with Crippen LogP contribution in [0.2, 0.25) is 5.02 Å². The summed E-state index contributed by atoms with van der Waals surface area (Å²) in [6, 6.07) is 5.78. The van der Waals surface area contributed by atoms with Gasteiger partial charge in [0, 0.05) is 73.1 Å². The van der Waals surface area contributed by atoms with Gasteiger partial charge in [0.05, 0.1) is 36.6 Å². The van der Waals surface area contributed by atoms with Gasteiger partial charge in [-0.15, -0.1) is 0 Å². The fourth-order valence-electron chi connectivity index (χ4n) is 6.99. The van der Waals surface area contributed by atoms with Gasteiger partial charge in [-0.25, -0.2) is 4.39 Å². The molecule has 0 atom stereocenters. The zero-order valence-electron chi connectivity index (χ0n) is 25.5. The maximum atomic E-state index is 16.8. The van der Waals surface area contributed by atoms with Crippen molar-refractivity contribution in [1.82, 2.24) is 30.0 Å². The summed E-state index contributed by atoms with van der Waals surface area (Å²) in [6.07, 6.45) is 5.65. The number of H-pyrrole nitrogens is 1. The van der Waals surface area contributed by atoms with Crippen molar-refractivity contribution < 1.29 is 18.7 Å². The van der Waals surface area contributed by atoms with Gasteiger partial charge in [0.15, 0.2) is 5.82 Å². The lowest BCUT2D eigenvalue weighted by Gasteiger charge is -2.54. The highest BCUT2D eigenvalue weighted by Gasteiger charge is 2.46. The third-order valence-corrected chi connectivity index (χ3v) is 9.84. The zero-order chi connectivity index (χ0) is 31.1. The maximum absolute atomic E-state index is 16.8. The fraction of sp³-hybridized carbons (Fsp3) is 0.455. The molecule has 0 bridgehead atoms. The van der Waals surface area contributed by atoms with Crippen molar-refractivity contribution >= 4 is 45.1 Å². The van der Waals surface area contributed by atoms with Gasteiger partial charge in [0.25, 0.3) is 0 Å². The molecule has 0 saturated carbocycles. The van der Waals surface area contributed by atoms with Crippen molar-refractivity contribution in [2.45, 2.75) is 26.2 Å². The number of ether oxygens (including phenoxy) is 2. The number of benzene rings is 2. The number of hydrogen-bond donors (Lipinski definition) is 1. The topological polar surface area (TPSA) is 99.7 Å². The van der Waals surface area contributed by atoms with E-state index in [4.69, 9.17) is 26.1 Å². The van der Waals surface area contributed by atoms with E-state index in [1.165, 1.54) is 6.08 Å². The summed E-state index contributed by atoms with van der Waals surface area (Å²) < 4.78 is 28.3. The van der Waals surface area contributed by atoms with Gasteiger partial charge in [-0.1, -0.05) is 24.2 Å². The van der Waals surface area contributed by atoms with Crippen LogP contribution in [0.5, 0.6) is 6.01 Å². The number of fused-ring (bicyclic) bond motifs is 2. The van der Waals surface area contributed by atoms with Crippen molar-refractivity contribution in [3.63, 3.8) is 0 Å². The summed E-state index contributed by atoms with van der Waals surface area (Å²) in [7, 11) is 0. The predicted octanol–water partition coefficient (Wildman–Crippen LogP) is 4.99. The second kappa shape index (κ2) is 12.2. The number of carbonyl (C=O) groups is 1. The molecule has 5 heterocycles. The van der Waals surface area contributed by atoms with E-state index in [9.17, 15) is 4.79 Å². The first kappa shape index (κ1) is 29.9. The lowest BCUT2D eigenvalue weighted by Crippen LogP contribution is -2.61. The summed E-state index contributed by atoms with van der Waals surface area (Å²) in [6.45, 7) is 13.0. The molecule has 1 spiro atoms. The van der Waals surface area contributed by atoms with Gasteiger partial charge in [0.2, 0.25) is 5.91 Å². The van der Waals surface area contributed by atoms with E-state index in [2.05, 4.69) is 31.6 Å². The molecule has 3 aliphatic rings. The SMILES string of the molecule is C=CC(=O)N1CC2(CCN(c3nc(OCCCN4CCOCC4)nc4c(F)c(-c5c(C)ccc6[nH]ncc56)c(Cl)cc34)CC2)C1. The Morgan fingerprint density at radius 2 is 1.93 bits per heavy atom. The number of anilines is 1. The van der Waals surface area contributed by atoms with Crippen molar-refractivity contribution in [3.8, 4) is 17.1 Å². The van der Waals surface area contributed by atoms with Crippen LogP contribution >= 0.6 is 11.6 Å². The zero-order valence-corrected chi connectivity index (χ0v) is 26.2. The Morgan fingerprint density at radius 1 is 1.16 bits per heavy atom. The summed E-state index contributed by atoms with van der Waals surface area (Å²) in [5.41, 5.74) is 2.91. The first-order valence-electron chi connectivity index (χ1n) is 15.6. The number of amides is 1. The minimum atomic E-state index is -0.512. The molecule has 3 aliphatic heterocycles. The summed E-state index contributed by atoms with van der Waals surface area (Å²) in [4.78, 5) is 27.9. The lowest BCUT2D eigenvalue weighted by molar-refractivity contribution is -0.139. The van der Waals surface area contributed by atoms with E-state index in [1.807, 2.05) is 24.0 Å². The number of aromatic nitrogens is 4. The Hall–Kier alpha value is -3.80. The number of aryl methyl sites for hydroxylation is 1. The van der Waals surface area contributed by atoms with Gasteiger partial charge < -0.3 is 19.3 Å². The quantitative estimate of drug-likeness (QED) is 0.214. The Kier molecular flexibility index (Phi) is 8.09. The van der Waals surface area contributed by atoms with Gasteiger partial charge in [0.1, 0.15) is 11.3 Å². The van der Waals surface area contributed by atoms with Crippen LogP contribution in [0.4, 0.5) is 10.2 Å². The largest absolute Gasteiger partial charge is 0.463 e. The molecular formula is C33H37ClFN7O3. The fourth-order valence-corrected chi connectivity index (χ4v) is 7.27. The van der Waals surface area contributed by atoms with Crippen LogP contribution in [0.15, 0.2) is 37.1 Å². The van der Waals surface area contributed by atoms with E-state index >= 15 is 4.39 Å². The molecule has 4 aromatic rings. The van der Waals surface area contributed by atoms with E-state index in [1.54, 1.807) is 12.3 Å². The molecule has 1 N–H and O–H groups in total. The summed E-state index contributed by atoms with van der Waals surface area (Å²) in [5.74, 6) is 0.0756. The van der Waals surface area contributed by atoms with Crippen molar-refractivity contribution in [1.29, 1.82) is 0 Å². The number of nitrogens with one attached hydrogen (secondary N) is 1. The van der Waals surface area contributed by atoms with Gasteiger partial charge in [-0.3, -0.25) is 14.8 Å². The van der Waals surface area contributed by atoms with Crippen LogP contribution < -0.4 is 9.64 Å². The number of rotatable bonds is 8. The minimum absolute atomic E-state index is 0.0254. The Labute approximate surface area is 266 Å². The van der Waals surface area contributed by atoms with Crippen LogP contribution in [-0.2, 0) is 9.53 Å². The van der Waals surface area contributed by atoms with Crippen molar-refractivity contribution in [2.75, 3.05) is 70.5 Å². The molecular weight excluding hydrogens is 597 g/mol. The van der Waals surface area contributed by atoms with Crippen molar-refractivity contribution in [2.24, 2.45) is 5.41 Å². The molecule has 0 aliphatic carbocycles. The average molecular weight is 634 g/mol. The number of nitrogens with zero attached hydrogens (tertiary/aromatic N) is 6. The summed E-state index contributed by atoms with van der Waals surface area (Å²) in [5, 5.41) is 8.77. The Bertz CT molecular complexity index is 1760. The highest BCUT2D eigenvalue weighted by Crippen LogP contribution is 2.45. The lowest BCUT2D eigenvalue weighted by atomic mass is 9.72. The first-order chi connectivity index (χ1) is 21.9. The number of halogens is 2. The molecule has 45 heavy (non-hydrogen) atoms. The molecule has 2 aromatic carbocycles. The van der Waals surface area contributed by atoms with E-state index < -0.39 is 5.82 Å². The predicted molar refractivity (Wildman–Crippen MR) is 172 cm³/mol. The van der Waals surface area contributed by atoms with Gasteiger partial charge in [-0.05, 0) is 50.0 Å². The molecule has 3 fully saturated rings. The smallest absolute Gasteiger partial charge is 0.319 e. The second-order valence-corrected chi connectivity index (χ2v) is 12.8. The molecule has 7 rings (SSSR count). The molecule has 1 amide bonds. The van der Waals surface area contributed by atoms with Gasteiger partial charge >= 0.3 is 6.01 Å². The normalized spacial score (nSPS) is 18.5. The number of carbonyl (C=O) groups excluding carboxylic acids is 1. The first-order valence-corrected chi connectivity index (χ1v) is 16.0. The molecule has 12 heteroatoms. The van der Waals surface area contributed by atoms with Gasteiger partial charge in [-0.2, -0.15) is 15.1 Å². The van der Waals surface area contributed by atoms with Crippen LogP contribution in [0.25, 0.3) is 32.9 Å². The van der Waals surface area contributed by atoms with E-state index in [0.717, 1.165) is 81.7 Å². The average Bonchev–Trinajstić information content (AvgIpc) is 3.52. The Balaban J connectivity index is 1.22. The van der Waals surface area contributed by atoms with Crippen LogP contribution in [0.3, 0.4) is 0 Å². The van der Waals surface area contributed by atoms with Crippen LogP contribution in [0.1, 0.15) is 24.8 Å². The molecule has 2 aromatic heterocycles. The molecule has 3 saturated heterocycles. The van der Waals surface area contributed by atoms with Crippen LogP contribution in [0, 0.1) is 18.2 Å². The van der Waals surface area contributed by atoms with Crippen LogP contribution in [-0.4, -0.2) is 102 Å². The minimum Gasteiger partial charge on any atom is -0.463 e. The Morgan fingerprint density at radius 3 is 2.69 bits per heavy atom. The standard InChI is InChI=1S/C33H37ClFN7O3/c1-3-26(43)42-19-33(20-42)7-10-41(11-8-33)31-22-17-24(34)28(27-21(2)5-6-25-23(27)18-36-39-25)29(35)30(22)37-32(38-31)45-14-4-9-40-12-15-44-16-13-40/h3,5-6,17-18H,1,4,7-16,19-20H2,2H3,(H,36,39). The third kappa shape index (κ3) is 5.62. The van der Waals surface area contributed by atoms with E-state index in [0.29, 0.717) is 36.5 Å². The number of aromatic amines is 1. The maximum Gasteiger partial charge on any atom is 0.319 e. The molecule has 236 valence electrons.